The first-order valence-electron chi connectivity index (χ1n) is 12.2. The second kappa shape index (κ2) is 11.2. The molecule has 2 amide bonds. The lowest BCUT2D eigenvalue weighted by Gasteiger charge is -2.33. The van der Waals surface area contributed by atoms with Crippen LogP contribution in [0.4, 0.5) is 5.69 Å². The molecule has 1 aliphatic carbocycles. The van der Waals surface area contributed by atoms with Crippen LogP contribution >= 0.6 is 11.5 Å². The molecule has 0 radical (unpaired) electrons. The molecule has 0 bridgehead atoms. The minimum atomic E-state index is -0.979. The molecule has 182 valence electrons. The maximum Gasteiger partial charge on any atom is 0.280 e. The number of nitrogens with zero attached hydrogens (tertiary/aromatic N) is 4. The van der Waals surface area contributed by atoms with Crippen LogP contribution in [-0.2, 0) is 4.79 Å². The van der Waals surface area contributed by atoms with Gasteiger partial charge in [0.1, 0.15) is 0 Å². The maximum atomic E-state index is 14.0. The third-order valence-electron chi connectivity index (χ3n) is 6.47. The molecule has 0 saturated heterocycles. The zero-order valence-corrected chi connectivity index (χ0v) is 20.6. The van der Waals surface area contributed by atoms with E-state index < -0.39 is 11.9 Å². The third-order valence-corrected chi connectivity index (χ3v) is 6.98. The normalized spacial score (nSPS) is 14.7. The minimum absolute atomic E-state index is 0.0831. The highest BCUT2D eigenvalue weighted by Crippen LogP contribution is 2.37. The first-order chi connectivity index (χ1) is 17.7. The van der Waals surface area contributed by atoms with Crippen molar-refractivity contribution in [2.75, 3.05) is 4.90 Å². The average molecular weight is 498 g/mol. The van der Waals surface area contributed by atoms with E-state index in [2.05, 4.69) is 19.9 Å². The second-order valence-electron chi connectivity index (χ2n) is 8.85. The fraction of sp³-hybridized carbons (Fsp3) is 0.250. The van der Waals surface area contributed by atoms with Crippen molar-refractivity contribution >= 4 is 29.0 Å². The summed E-state index contributed by atoms with van der Waals surface area (Å²) < 4.78 is 3.90. The van der Waals surface area contributed by atoms with Crippen molar-refractivity contribution in [3.63, 3.8) is 0 Å². The lowest BCUT2D eigenvalue weighted by atomic mass is 9.94. The number of pyridine rings is 1. The molecule has 4 aromatic rings. The number of amides is 2. The standard InChI is InChI=1S/C28H27N5O2S/c34-27(30-21-13-5-2-6-14-21)26(23-16-9-10-18-29-23)33(28(35)24-19-36-32-31-24)25-17-8-7-15-22(25)20-11-3-1-4-12-20/h1,3-4,7-12,15-19,21,26H,2,5-6,13-14H2,(H,30,34). The number of nitrogens with one attached hydrogen (secondary N) is 1. The Bertz CT molecular complexity index is 1290. The summed E-state index contributed by atoms with van der Waals surface area (Å²) in [6, 6.07) is 22.0. The van der Waals surface area contributed by atoms with E-state index in [4.69, 9.17) is 0 Å². The van der Waals surface area contributed by atoms with Crippen LogP contribution in [0.2, 0.25) is 0 Å². The van der Waals surface area contributed by atoms with Crippen LogP contribution < -0.4 is 10.2 Å². The number of benzene rings is 2. The number of anilines is 1. The molecule has 1 aliphatic rings. The number of carbonyl (C=O) groups excluding carboxylic acids is 2. The van der Waals surface area contributed by atoms with Crippen LogP contribution in [0.5, 0.6) is 0 Å². The Morgan fingerprint density at radius 2 is 1.67 bits per heavy atom. The van der Waals surface area contributed by atoms with Gasteiger partial charge in [0, 0.05) is 23.2 Å². The first kappa shape index (κ1) is 23.8. The van der Waals surface area contributed by atoms with Gasteiger partial charge in [0.15, 0.2) is 11.7 Å². The number of aromatic nitrogens is 3. The van der Waals surface area contributed by atoms with Crippen molar-refractivity contribution in [3.05, 3.63) is 95.8 Å². The molecule has 1 N–H and O–H groups in total. The lowest BCUT2D eigenvalue weighted by molar-refractivity contribution is -0.123. The fourth-order valence-electron chi connectivity index (χ4n) is 4.74. The van der Waals surface area contributed by atoms with E-state index >= 15 is 0 Å². The van der Waals surface area contributed by atoms with Crippen molar-refractivity contribution < 1.29 is 9.59 Å². The van der Waals surface area contributed by atoms with Crippen LogP contribution in [0.15, 0.2) is 84.4 Å². The Hall–Kier alpha value is -3.91. The summed E-state index contributed by atoms with van der Waals surface area (Å²) in [5.74, 6) is -0.651. The van der Waals surface area contributed by atoms with Gasteiger partial charge in [-0.05, 0) is 48.1 Å². The molecule has 0 spiro atoms. The number of hydrogen-bond donors (Lipinski definition) is 1. The van der Waals surface area contributed by atoms with Crippen molar-refractivity contribution in [1.29, 1.82) is 0 Å². The Kier molecular flexibility index (Phi) is 7.42. The summed E-state index contributed by atoms with van der Waals surface area (Å²) in [5, 5.41) is 8.87. The van der Waals surface area contributed by atoms with Gasteiger partial charge in [-0.25, -0.2) is 0 Å². The largest absolute Gasteiger partial charge is 0.351 e. The summed E-state index contributed by atoms with van der Waals surface area (Å²) in [7, 11) is 0. The van der Waals surface area contributed by atoms with Gasteiger partial charge in [-0.15, -0.1) is 5.10 Å². The van der Waals surface area contributed by atoms with E-state index in [1.54, 1.807) is 23.7 Å². The van der Waals surface area contributed by atoms with Crippen molar-refractivity contribution in [3.8, 4) is 11.1 Å². The fourth-order valence-corrected chi connectivity index (χ4v) is 5.17. The molecule has 36 heavy (non-hydrogen) atoms. The maximum absolute atomic E-state index is 14.0. The zero-order chi connectivity index (χ0) is 24.7. The van der Waals surface area contributed by atoms with E-state index in [1.807, 2.05) is 60.7 Å². The van der Waals surface area contributed by atoms with E-state index in [-0.39, 0.29) is 17.6 Å². The SMILES string of the molecule is O=C(NC1CCCCC1)C(c1ccccn1)N(C(=O)c1csnn1)c1ccccc1-c1ccccc1. The van der Waals surface area contributed by atoms with Crippen LogP contribution in [0.3, 0.4) is 0 Å². The minimum Gasteiger partial charge on any atom is -0.351 e. The average Bonchev–Trinajstić information content (AvgIpc) is 3.48. The molecular formula is C28H27N5O2S. The summed E-state index contributed by atoms with van der Waals surface area (Å²) >= 11 is 1.10. The van der Waals surface area contributed by atoms with Gasteiger partial charge in [0.25, 0.3) is 5.91 Å². The number of rotatable bonds is 7. The molecule has 5 rings (SSSR count). The second-order valence-corrected chi connectivity index (χ2v) is 9.46. The molecule has 1 saturated carbocycles. The Balaban J connectivity index is 1.65. The predicted molar refractivity (Wildman–Crippen MR) is 141 cm³/mol. The summed E-state index contributed by atoms with van der Waals surface area (Å²) in [4.78, 5) is 34.0. The van der Waals surface area contributed by atoms with Crippen molar-refractivity contribution in [2.24, 2.45) is 0 Å². The molecule has 7 nitrogen and oxygen atoms in total. The van der Waals surface area contributed by atoms with Gasteiger partial charge < -0.3 is 5.32 Å². The van der Waals surface area contributed by atoms with Gasteiger partial charge >= 0.3 is 0 Å². The molecule has 1 unspecified atom stereocenters. The molecule has 2 aromatic carbocycles. The predicted octanol–water partition coefficient (Wildman–Crippen LogP) is 5.44. The van der Waals surface area contributed by atoms with E-state index in [0.29, 0.717) is 11.4 Å². The highest BCUT2D eigenvalue weighted by molar-refractivity contribution is 7.03. The Morgan fingerprint density at radius 3 is 2.39 bits per heavy atom. The molecular weight excluding hydrogens is 470 g/mol. The highest BCUT2D eigenvalue weighted by atomic mass is 32.1. The molecule has 2 heterocycles. The zero-order valence-electron chi connectivity index (χ0n) is 19.8. The van der Waals surface area contributed by atoms with Crippen molar-refractivity contribution in [1.82, 2.24) is 19.9 Å². The molecule has 0 aliphatic heterocycles. The van der Waals surface area contributed by atoms with Gasteiger partial charge in [0.2, 0.25) is 5.91 Å². The van der Waals surface area contributed by atoms with E-state index in [9.17, 15) is 9.59 Å². The molecule has 8 heteroatoms. The monoisotopic (exact) mass is 497 g/mol. The van der Waals surface area contributed by atoms with Crippen LogP contribution in [-0.4, -0.2) is 32.4 Å². The van der Waals surface area contributed by atoms with Crippen LogP contribution in [0.25, 0.3) is 11.1 Å². The third kappa shape index (κ3) is 5.18. The molecule has 1 fully saturated rings. The summed E-state index contributed by atoms with van der Waals surface area (Å²) in [5.41, 5.74) is 3.06. The van der Waals surface area contributed by atoms with Gasteiger partial charge in [-0.2, -0.15) is 0 Å². The van der Waals surface area contributed by atoms with Gasteiger partial charge in [-0.3, -0.25) is 19.5 Å². The quantitative estimate of drug-likeness (QED) is 0.367. The van der Waals surface area contributed by atoms with E-state index in [0.717, 1.165) is 48.3 Å². The van der Waals surface area contributed by atoms with Crippen LogP contribution in [0.1, 0.15) is 54.3 Å². The smallest absolute Gasteiger partial charge is 0.280 e. The first-order valence-corrected chi connectivity index (χ1v) is 13.0. The number of hydrogen-bond acceptors (Lipinski definition) is 6. The van der Waals surface area contributed by atoms with Gasteiger partial charge in [-0.1, -0.05) is 78.3 Å². The van der Waals surface area contributed by atoms with E-state index in [1.165, 1.54) is 11.3 Å². The highest BCUT2D eigenvalue weighted by Gasteiger charge is 2.37. The summed E-state index contributed by atoms with van der Waals surface area (Å²) in [6.45, 7) is 0. The van der Waals surface area contributed by atoms with Crippen molar-refractivity contribution in [2.45, 2.75) is 44.2 Å². The van der Waals surface area contributed by atoms with Gasteiger partial charge in [0.05, 0.1) is 11.4 Å². The molecule has 1 atom stereocenters. The number of para-hydroxylation sites is 1. The molecule has 2 aromatic heterocycles. The summed E-state index contributed by atoms with van der Waals surface area (Å²) in [6.07, 6.45) is 6.87. The topological polar surface area (TPSA) is 88.1 Å². The number of carbonyl (C=O) groups is 2. The van der Waals surface area contributed by atoms with Crippen LogP contribution in [0, 0.1) is 0 Å². The lowest BCUT2D eigenvalue weighted by Crippen LogP contribution is -2.47. The Morgan fingerprint density at radius 1 is 0.917 bits per heavy atom. The Labute approximate surface area is 214 Å².